The second-order valence-corrected chi connectivity index (χ2v) is 9.61. The molecular weight excluding hydrogens is 448 g/mol. The number of rotatable bonds is 7. The van der Waals surface area contributed by atoms with Crippen LogP contribution in [-0.4, -0.2) is 34.1 Å². The summed E-state index contributed by atoms with van der Waals surface area (Å²) >= 11 is 0. The number of aryl methyl sites for hydroxylation is 2. The first kappa shape index (κ1) is 23.9. The Labute approximate surface area is 212 Å². The summed E-state index contributed by atoms with van der Waals surface area (Å²) in [4.78, 5) is 15.2. The minimum absolute atomic E-state index is 0.0113. The van der Waals surface area contributed by atoms with Gasteiger partial charge >= 0.3 is 0 Å². The normalized spacial score (nSPS) is 14.1. The number of aromatic nitrogens is 2. The molecule has 1 fully saturated rings. The Morgan fingerprint density at radius 3 is 2.42 bits per heavy atom. The van der Waals surface area contributed by atoms with Gasteiger partial charge in [0.1, 0.15) is 0 Å². The predicted molar refractivity (Wildman–Crippen MR) is 143 cm³/mol. The van der Waals surface area contributed by atoms with Gasteiger partial charge in [0.15, 0.2) is 0 Å². The molecule has 184 valence electrons. The highest BCUT2D eigenvalue weighted by atomic mass is 16.4. The van der Waals surface area contributed by atoms with Crippen molar-refractivity contribution in [1.29, 1.82) is 0 Å². The standard InChI is InChI=1S/C30H32N4O2/c1-21-9-12-26(30-33-32-22(2)36-30)19-28(21)25-13-10-23(11-14-25)18-29(35)31-27-8-6-7-24(17-27)20-34-15-4-3-5-16-34/h6-14,17,19H,3-5,15-16,18,20H2,1-2H3,(H,31,35). The molecule has 0 atom stereocenters. The van der Waals surface area contributed by atoms with Crippen molar-refractivity contribution in [3.8, 4) is 22.6 Å². The summed E-state index contributed by atoms with van der Waals surface area (Å²) in [7, 11) is 0. The van der Waals surface area contributed by atoms with Gasteiger partial charge in [0, 0.05) is 24.7 Å². The molecule has 0 unspecified atom stereocenters. The second-order valence-electron chi connectivity index (χ2n) is 9.61. The lowest BCUT2D eigenvalue weighted by Crippen LogP contribution is -2.29. The number of nitrogens with zero attached hydrogens (tertiary/aromatic N) is 3. The van der Waals surface area contributed by atoms with E-state index >= 15 is 0 Å². The third-order valence-electron chi connectivity index (χ3n) is 6.71. The lowest BCUT2D eigenvalue weighted by molar-refractivity contribution is -0.115. The quantitative estimate of drug-likeness (QED) is 0.342. The van der Waals surface area contributed by atoms with E-state index in [-0.39, 0.29) is 5.91 Å². The Morgan fingerprint density at radius 2 is 1.67 bits per heavy atom. The molecule has 1 aliphatic rings. The number of anilines is 1. The minimum atomic E-state index is -0.0113. The van der Waals surface area contributed by atoms with E-state index in [2.05, 4.69) is 63.7 Å². The molecule has 1 aliphatic heterocycles. The molecular formula is C30H32N4O2. The van der Waals surface area contributed by atoms with Crippen LogP contribution in [0.15, 0.2) is 71.1 Å². The van der Waals surface area contributed by atoms with E-state index in [1.807, 2.05) is 30.3 Å². The zero-order valence-electron chi connectivity index (χ0n) is 21.0. The molecule has 5 rings (SSSR count). The topological polar surface area (TPSA) is 71.3 Å². The maximum Gasteiger partial charge on any atom is 0.247 e. The molecule has 0 bridgehead atoms. The van der Waals surface area contributed by atoms with Gasteiger partial charge in [-0.25, -0.2) is 0 Å². The Balaban J connectivity index is 1.23. The van der Waals surface area contributed by atoms with Crippen LogP contribution < -0.4 is 5.32 Å². The fraction of sp³-hybridized carbons (Fsp3) is 0.300. The number of nitrogens with one attached hydrogen (secondary N) is 1. The molecule has 1 saturated heterocycles. The molecule has 0 radical (unpaired) electrons. The van der Waals surface area contributed by atoms with Crippen LogP contribution >= 0.6 is 0 Å². The molecule has 36 heavy (non-hydrogen) atoms. The van der Waals surface area contributed by atoms with Gasteiger partial charge in [-0.05, 0) is 84.9 Å². The lowest BCUT2D eigenvalue weighted by atomic mass is 9.96. The maximum atomic E-state index is 12.8. The van der Waals surface area contributed by atoms with E-state index in [0.29, 0.717) is 18.2 Å². The van der Waals surface area contributed by atoms with Crippen molar-refractivity contribution in [2.75, 3.05) is 18.4 Å². The molecule has 3 aromatic carbocycles. The van der Waals surface area contributed by atoms with E-state index in [1.165, 1.54) is 24.8 Å². The number of carbonyl (C=O) groups is 1. The first-order chi connectivity index (χ1) is 17.5. The summed E-state index contributed by atoms with van der Waals surface area (Å²) in [5.74, 6) is 1.05. The number of hydrogen-bond acceptors (Lipinski definition) is 5. The van der Waals surface area contributed by atoms with Crippen LogP contribution in [0.3, 0.4) is 0 Å². The van der Waals surface area contributed by atoms with E-state index in [1.54, 1.807) is 6.92 Å². The predicted octanol–water partition coefficient (Wildman–Crippen LogP) is 6.19. The van der Waals surface area contributed by atoms with Gasteiger partial charge in [0.05, 0.1) is 6.42 Å². The maximum absolute atomic E-state index is 12.8. The fourth-order valence-corrected chi connectivity index (χ4v) is 4.80. The molecule has 4 aromatic rings. The van der Waals surface area contributed by atoms with Gasteiger partial charge in [-0.3, -0.25) is 9.69 Å². The Morgan fingerprint density at radius 1 is 0.889 bits per heavy atom. The van der Waals surface area contributed by atoms with Gasteiger partial charge < -0.3 is 9.73 Å². The van der Waals surface area contributed by atoms with E-state index in [9.17, 15) is 4.79 Å². The van der Waals surface area contributed by atoms with Crippen molar-refractivity contribution in [2.45, 2.75) is 46.1 Å². The van der Waals surface area contributed by atoms with Crippen LogP contribution in [0.2, 0.25) is 0 Å². The number of hydrogen-bond donors (Lipinski definition) is 1. The van der Waals surface area contributed by atoms with E-state index < -0.39 is 0 Å². The number of amides is 1. The van der Waals surface area contributed by atoms with E-state index in [0.717, 1.165) is 53.1 Å². The average Bonchev–Trinajstić information content (AvgIpc) is 3.32. The molecule has 0 spiro atoms. The van der Waals surface area contributed by atoms with Crippen molar-refractivity contribution in [1.82, 2.24) is 15.1 Å². The molecule has 2 heterocycles. The zero-order chi connectivity index (χ0) is 24.9. The Bertz CT molecular complexity index is 1340. The van der Waals surface area contributed by atoms with Crippen LogP contribution in [0, 0.1) is 13.8 Å². The van der Waals surface area contributed by atoms with Crippen molar-refractivity contribution >= 4 is 11.6 Å². The molecule has 1 N–H and O–H groups in total. The van der Waals surface area contributed by atoms with Crippen LogP contribution in [-0.2, 0) is 17.8 Å². The largest absolute Gasteiger partial charge is 0.421 e. The summed E-state index contributed by atoms with van der Waals surface area (Å²) in [5, 5.41) is 11.1. The first-order valence-corrected chi connectivity index (χ1v) is 12.6. The van der Waals surface area contributed by atoms with Crippen LogP contribution in [0.25, 0.3) is 22.6 Å². The van der Waals surface area contributed by atoms with Crippen LogP contribution in [0.5, 0.6) is 0 Å². The van der Waals surface area contributed by atoms with Crippen molar-refractivity contribution in [3.63, 3.8) is 0 Å². The van der Waals surface area contributed by atoms with Crippen molar-refractivity contribution < 1.29 is 9.21 Å². The summed E-state index contributed by atoms with van der Waals surface area (Å²) in [6.45, 7) is 7.13. The summed E-state index contributed by atoms with van der Waals surface area (Å²) in [5.41, 5.74) is 7.31. The Hall–Kier alpha value is -3.77. The van der Waals surface area contributed by atoms with Crippen molar-refractivity contribution in [2.24, 2.45) is 0 Å². The van der Waals surface area contributed by atoms with Crippen LogP contribution in [0.4, 0.5) is 5.69 Å². The SMILES string of the molecule is Cc1nnc(-c2ccc(C)c(-c3ccc(CC(=O)Nc4cccc(CN5CCCCC5)c4)cc3)c2)o1. The molecule has 6 nitrogen and oxygen atoms in total. The molecule has 6 heteroatoms. The number of piperidine rings is 1. The highest BCUT2D eigenvalue weighted by molar-refractivity contribution is 5.92. The van der Waals surface area contributed by atoms with Gasteiger partial charge in [-0.15, -0.1) is 10.2 Å². The minimum Gasteiger partial charge on any atom is -0.421 e. The number of carbonyl (C=O) groups excluding carboxylic acids is 1. The third-order valence-corrected chi connectivity index (χ3v) is 6.71. The van der Waals surface area contributed by atoms with Crippen molar-refractivity contribution in [3.05, 3.63) is 89.3 Å². The number of benzene rings is 3. The van der Waals surface area contributed by atoms with Gasteiger partial charge in [-0.1, -0.05) is 48.9 Å². The van der Waals surface area contributed by atoms with Gasteiger partial charge in [0.25, 0.3) is 0 Å². The van der Waals surface area contributed by atoms with Gasteiger partial charge in [-0.2, -0.15) is 0 Å². The first-order valence-electron chi connectivity index (χ1n) is 12.6. The summed E-state index contributed by atoms with van der Waals surface area (Å²) < 4.78 is 5.59. The molecule has 1 amide bonds. The second kappa shape index (κ2) is 10.9. The highest BCUT2D eigenvalue weighted by Gasteiger charge is 2.12. The average molecular weight is 481 g/mol. The van der Waals surface area contributed by atoms with Gasteiger partial charge in [0.2, 0.25) is 17.7 Å². The number of likely N-dealkylation sites (tertiary alicyclic amines) is 1. The molecule has 0 saturated carbocycles. The third kappa shape index (κ3) is 5.89. The zero-order valence-corrected chi connectivity index (χ0v) is 21.0. The smallest absolute Gasteiger partial charge is 0.247 e. The van der Waals surface area contributed by atoms with E-state index in [4.69, 9.17) is 4.42 Å². The Kier molecular flexibility index (Phi) is 7.23. The lowest BCUT2D eigenvalue weighted by Gasteiger charge is -2.26. The monoisotopic (exact) mass is 480 g/mol. The molecule has 0 aliphatic carbocycles. The van der Waals surface area contributed by atoms with Crippen LogP contribution in [0.1, 0.15) is 41.8 Å². The highest BCUT2D eigenvalue weighted by Crippen LogP contribution is 2.29. The fourth-order valence-electron chi connectivity index (χ4n) is 4.80. The molecule has 1 aromatic heterocycles. The summed E-state index contributed by atoms with van der Waals surface area (Å²) in [6.07, 6.45) is 4.22. The summed E-state index contributed by atoms with van der Waals surface area (Å²) in [6, 6.07) is 22.5.